The van der Waals surface area contributed by atoms with E-state index in [0.717, 1.165) is 25.5 Å². The zero-order valence-corrected chi connectivity index (χ0v) is 15.9. The Morgan fingerprint density at radius 1 is 1.03 bits per heavy atom. The topological polar surface area (TPSA) is 90.0 Å². The van der Waals surface area contributed by atoms with Crippen LogP contribution in [0.15, 0.2) is 43.1 Å². The number of imidazole rings is 1. The van der Waals surface area contributed by atoms with E-state index < -0.39 is 40.9 Å². The first-order valence-electron chi connectivity index (χ1n) is 8.73. The number of pyridine rings is 1. The number of anilines is 1. The molecule has 0 atom stereocenters. The average Bonchev–Trinajstić information content (AvgIpc) is 3.31. The highest BCUT2D eigenvalue weighted by molar-refractivity contribution is 6.05. The predicted molar refractivity (Wildman–Crippen MR) is 97.4 cm³/mol. The Kier molecular flexibility index (Phi) is 4.86. The summed E-state index contributed by atoms with van der Waals surface area (Å²) in [4.78, 5) is 23.7. The van der Waals surface area contributed by atoms with Gasteiger partial charge in [0.1, 0.15) is 22.6 Å². The van der Waals surface area contributed by atoms with E-state index in [4.69, 9.17) is 0 Å². The fraction of sp³-hybridized carbons (Fsp3) is 0.167. The highest BCUT2D eigenvalue weighted by Gasteiger charge is 2.43. The number of aromatic nitrogens is 6. The first kappa shape index (κ1) is 21.3. The van der Waals surface area contributed by atoms with E-state index in [0.29, 0.717) is 10.7 Å². The minimum Gasteiger partial charge on any atom is -0.321 e. The van der Waals surface area contributed by atoms with Gasteiger partial charge >= 0.3 is 12.4 Å². The summed E-state index contributed by atoms with van der Waals surface area (Å²) in [6.45, 7) is 0. The van der Waals surface area contributed by atoms with Crippen molar-refractivity contribution in [3.05, 3.63) is 60.1 Å². The largest absolute Gasteiger partial charge is 0.433 e. The molecule has 4 rings (SSSR count). The van der Waals surface area contributed by atoms with Crippen LogP contribution in [0.4, 0.5) is 32.0 Å². The summed E-state index contributed by atoms with van der Waals surface area (Å²) in [5, 5.41) is 5.90. The van der Waals surface area contributed by atoms with Crippen molar-refractivity contribution in [1.29, 1.82) is 0 Å². The number of amides is 1. The molecule has 8 nitrogen and oxygen atoms in total. The van der Waals surface area contributed by atoms with Gasteiger partial charge in [-0.05, 0) is 12.1 Å². The molecule has 166 valence electrons. The van der Waals surface area contributed by atoms with Crippen molar-refractivity contribution in [1.82, 2.24) is 29.1 Å². The second kappa shape index (κ2) is 7.32. The molecule has 14 heteroatoms. The van der Waals surface area contributed by atoms with Crippen molar-refractivity contribution in [2.45, 2.75) is 12.4 Å². The van der Waals surface area contributed by atoms with Crippen molar-refractivity contribution in [3.8, 4) is 11.4 Å². The van der Waals surface area contributed by atoms with Crippen LogP contribution in [0.1, 0.15) is 21.7 Å². The maximum Gasteiger partial charge on any atom is 0.433 e. The standard InChI is InChI=1S/C18H11F6N7O/c1-30-15(16(32)28-9-2-3-26-11(6-9)17(19,20)21)13(18(22,23)24)14(29-30)10-7-25-8-12-27-4-5-31(10)12/h2-8H,1H3,(H,26,28,32). The Morgan fingerprint density at radius 3 is 2.47 bits per heavy atom. The molecule has 4 heterocycles. The molecule has 0 radical (unpaired) electrons. The van der Waals surface area contributed by atoms with Gasteiger partial charge < -0.3 is 5.32 Å². The number of carbonyl (C=O) groups excluding carboxylic acids is 1. The second-order valence-corrected chi connectivity index (χ2v) is 6.52. The van der Waals surface area contributed by atoms with E-state index in [1.165, 1.54) is 23.0 Å². The van der Waals surface area contributed by atoms with E-state index in [-0.39, 0.29) is 17.0 Å². The van der Waals surface area contributed by atoms with E-state index >= 15 is 0 Å². The van der Waals surface area contributed by atoms with Crippen molar-refractivity contribution in [3.63, 3.8) is 0 Å². The van der Waals surface area contributed by atoms with Crippen LogP contribution in [0.3, 0.4) is 0 Å². The van der Waals surface area contributed by atoms with Crippen LogP contribution in [-0.4, -0.2) is 35.0 Å². The number of fused-ring (bicyclic) bond motifs is 1. The third kappa shape index (κ3) is 3.74. The SMILES string of the molecule is Cn1nc(-c2cncc3nccn23)c(C(F)(F)F)c1C(=O)Nc1ccnc(C(F)(F)F)c1. The number of halogens is 6. The molecule has 1 amide bonds. The predicted octanol–water partition coefficient (Wildman–Crippen LogP) is 3.81. The van der Waals surface area contributed by atoms with Crippen LogP contribution in [0.5, 0.6) is 0 Å². The number of hydrogen-bond donors (Lipinski definition) is 1. The van der Waals surface area contributed by atoms with Gasteiger partial charge in [-0.2, -0.15) is 31.4 Å². The molecule has 0 aromatic carbocycles. The van der Waals surface area contributed by atoms with Gasteiger partial charge in [0, 0.05) is 31.3 Å². The number of nitrogens with zero attached hydrogens (tertiary/aromatic N) is 6. The second-order valence-electron chi connectivity index (χ2n) is 6.52. The van der Waals surface area contributed by atoms with Gasteiger partial charge in [-0.1, -0.05) is 0 Å². The molecule has 0 spiro atoms. The van der Waals surface area contributed by atoms with Crippen molar-refractivity contribution >= 4 is 17.2 Å². The smallest absolute Gasteiger partial charge is 0.321 e. The summed E-state index contributed by atoms with van der Waals surface area (Å²) in [7, 11) is 1.11. The first-order valence-corrected chi connectivity index (χ1v) is 8.73. The van der Waals surface area contributed by atoms with E-state index in [1.54, 1.807) is 0 Å². The van der Waals surface area contributed by atoms with E-state index in [9.17, 15) is 31.1 Å². The fourth-order valence-corrected chi connectivity index (χ4v) is 3.11. The summed E-state index contributed by atoms with van der Waals surface area (Å²) in [6.07, 6.45) is -3.82. The fourth-order valence-electron chi connectivity index (χ4n) is 3.11. The van der Waals surface area contributed by atoms with Gasteiger partial charge in [-0.25, -0.2) is 4.98 Å². The van der Waals surface area contributed by atoms with Crippen LogP contribution in [0.2, 0.25) is 0 Å². The molecule has 0 aliphatic heterocycles. The summed E-state index contributed by atoms with van der Waals surface area (Å²) in [5.74, 6) is -1.30. The van der Waals surface area contributed by atoms with Crippen LogP contribution >= 0.6 is 0 Å². The normalized spacial score (nSPS) is 12.3. The highest BCUT2D eigenvalue weighted by Crippen LogP contribution is 2.39. The zero-order valence-electron chi connectivity index (χ0n) is 15.9. The molecule has 0 aliphatic carbocycles. The molecule has 1 N–H and O–H groups in total. The van der Waals surface area contributed by atoms with Crippen molar-refractivity contribution in [2.75, 3.05) is 5.32 Å². The number of alkyl halides is 6. The lowest BCUT2D eigenvalue weighted by molar-refractivity contribution is -0.141. The monoisotopic (exact) mass is 455 g/mol. The lowest BCUT2D eigenvalue weighted by Gasteiger charge is -2.12. The first-order chi connectivity index (χ1) is 15.0. The molecule has 0 unspecified atom stereocenters. The number of aryl methyl sites for hydroxylation is 1. The van der Waals surface area contributed by atoms with Crippen molar-refractivity contribution < 1.29 is 31.1 Å². The zero-order chi connectivity index (χ0) is 23.3. The molecule has 0 fully saturated rings. The lowest BCUT2D eigenvalue weighted by atomic mass is 10.1. The number of rotatable bonds is 3. The number of nitrogens with one attached hydrogen (secondary N) is 1. The molecule has 0 saturated heterocycles. The minimum atomic E-state index is -5.02. The molecule has 0 bridgehead atoms. The van der Waals surface area contributed by atoms with Gasteiger partial charge in [0.15, 0.2) is 5.65 Å². The third-order valence-electron chi connectivity index (χ3n) is 4.41. The van der Waals surface area contributed by atoms with E-state index in [2.05, 4.69) is 20.1 Å². The molecular weight excluding hydrogens is 444 g/mol. The Hall–Kier alpha value is -3.97. The van der Waals surface area contributed by atoms with Gasteiger partial charge in [0.25, 0.3) is 5.91 Å². The van der Waals surface area contributed by atoms with Gasteiger partial charge in [-0.3, -0.25) is 23.8 Å². The molecular formula is C18H11F6N7O. The van der Waals surface area contributed by atoms with Crippen LogP contribution in [-0.2, 0) is 19.4 Å². The maximum atomic E-state index is 14.0. The lowest BCUT2D eigenvalue weighted by Crippen LogP contribution is -2.21. The molecule has 4 aromatic rings. The minimum absolute atomic E-state index is 0.0785. The Bertz CT molecular complexity index is 1320. The molecule has 4 aromatic heterocycles. The Labute approximate surface area is 174 Å². The molecule has 0 aliphatic rings. The number of hydrogen-bond acceptors (Lipinski definition) is 5. The quantitative estimate of drug-likeness (QED) is 0.475. The highest BCUT2D eigenvalue weighted by atomic mass is 19.4. The third-order valence-corrected chi connectivity index (χ3v) is 4.41. The average molecular weight is 455 g/mol. The number of carbonyl (C=O) groups is 1. The van der Waals surface area contributed by atoms with Gasteiger partial charge in [0.2, 0.25) is 0 Å². The van der Waals surface area contributed by atoms with Crippen LogP contribution in [0, 0.1) is 0 Å². The summed E-state index contributed by atoms with van der Waals surface area (Å²) < 4.78 is 82.6. The van der Waals surface area contributed by atoms with Gasteiger partial charge in [-0.15, -0.1) is 0 Å². The Morgan fingerprint density at radius 2 is 1.78 bits per heavy atom. The summed E-state index contributed by atoms with van der Waals surface area (Å²) in [5.41, 5.74) is -4.37. The molecule has 0 saturated carbocycles. The maximum absolute atomic E-state index is 14.0. The van der Waals surface area contributed by atoms with Crippen LogP contribution < -0.4 is 5.32 Å². The Balaban J connectivity index is 1.82. The van der Waals surface area contributed by atoms with Gasteiger partial charge in [0.05, 0.1) is 18.1 Å². The van der Waals surface area contributed by atoms with Crippen LogP contribution in [0.25, 0.3) is 17.0 Å². The van der Waals surface area contributed by atoms with E-state index in [1.807, 2.05) is 5.32 Å². The van der Waals surface area contributed by atoms with Crippen molar-refractivity contribution in [2.24, 2.45) is 7.05 Å². The molecule has 32 heavy (non-hydrogen) atoms. The summed E-state index contributed by atoms with van der Waals surface area (Å²) >= 11 is 0. The summed E-state index contributed by atoms with van der Waals surface area (Å²) in [6, 6.07) is 1.53.